The van der Waals surface area contributed by atoms with E-state index in [0.29, 0.717) is 10.9 Å². The van der Waals surface area contributed by atoms with Gasteiger partial charge in [0.25, 0.3) is 6.01 Å². The Bertz CT molecular complexity index is 522. The fourth-order valence-corrected chi connectivity index (χ4v) is 1.30. The molecule has 0 radical (unpaired) electrons. The van der Waals surface area contributed by atoms with Gasteiger partial charge in [0.1, 0.15) is 5.52 Å². The summed E-state index contributed by atoms with van der Waals surface area (Å²) in [6.45, 7) is 0. The molecule has 0 amide bonds. The zero-order valence-electron chi connectivity index (χ0n) is 7.25. The van der Waals surface area contributed by atoms with Crippen LogP contribution >= 0.6 is 15.9 Å². The third kappa shape index (κ3) is 1.73. The third-order valence-electron chi connectivity index (χ3n) is 1.70. The maximum atomic E-state index is 5.42. The summed E-state index contributed by atoms with van der Waals surface area (Å²) in [6, 6.07) is 5.73. The van der Waals surface area contributed by atoms with Crippen molar-refractivity contribution in [2.75, 3.05) is 11.1 Å². The molecule has 2 N–H and O–H groups in total. The standard InChI is InChI=1S/C10H7BrN2O/c11-5-1-2-7-3-4-9-8(6-7)13-10(12)14-9/h3-4,6H,5H2,(H2,12,13). The van der Waals surface area contributed by atoms with E-state index >= 15 is 0 Å². The van der Waals surface area contributed by atoms with Crippen molar-refractivity contribution < 1.29 is 4.42 Å². The van der Waals surface area contributed by atoms with Crippen LogP contribution in [0.5, 0.6) is 0 Å². The Balaban J connectivity index is 2.50. The van der Waals surface area contributed by atoms with Gasteiger partial charge in [-0.3, -0.25) is 0 Å². The highest BCUT2D eigenvalue weighted by atomic mass is 79.9. The van der Waals surface area contributed by atoms with Crippen LogP contribution in [0.4, 0.5) is 6.01 Å². The minimum atomic E-state index is 0.186. The highest BCUT2D eigenvalue weighted by Crippen LogP contribution is 2.17. The first kappa shape index (κ1) is 9.10. The summed E-state index contributed by atoms with van der Waals surface area (Å²) in [7, 11) is 0. The van der Waals surface area contributed by atoms with Gasteiger partial charge in [-0.25, -0.2) is 0 Å². The number of nitrogen functional groups attached to an aromatic ring is 1. The van der Waals surface area contributed by atoms with Crippen molar-refractivity contribution >= 4 is 33.0 Å². The number of aromatic nitrogens is 1. The second kappa shape index (κ2) is 3.72. The average Bonchev–Trinajstić information content (AvgIpc) is 2.54. The van der Waals surface area contributed by atoms with E-state index in [2.05, 4.69) is 32.8 Å². The van der Waals surface area contributed by atoms with Gasteiger partial charge in [0, 0.05) is 5.56 Å². The van der Waals surface area contributed by atoms with Crippen molar-refractivity contribution in [3.8, 4) is 11.8 Å². The molecule has 0 atom stereocenters. The van der Waals surface area contributed by atoms with Gasteiger partial charge < -0.3 is 10.2 Å². The summed E-state index contributed by atoms with van der Waals surface area (Å²) in [4.78, 5) is 4.01. The lowest BCUT2D eigenvalue weighted by Gasteiger charge is -1.88. The summed E-state index contributed by atoms with van der Waals surface area (Å²) in [6.07, 6.45) is 0. The minimum absolute atomic E-state index is 0.186. The number of nitrogens with zero attached hydrogens (tertiary/aromatic N) is 1. The second-order valence-electron chi connectivity index (χ2n) is 2.67. The fourth-order valence-electron chi connectivity index (χ4n) is 1.16. The highest BCUT2D eigenvalue weighted by Gasteiger charge is 2.01. The van der Waals surface area contributed by atoms with Crippen molar-refractivity contribution in [2.45, 2.75) is 0 Å². The predicted octanol–water partition coefficient (Wildman–Crippen LogP) is 2.16. The predicted molar refractivity (Wildman–Crippen MR) is 59.1 cm³/mol. The molecule has 0 spiro atoms. The summed E-state index contributed by atoms with van der Waals surface area (Å²) >= 11 is 3.23. The zero-order valence-corrected chi connectivity index (χ0v) is 8.84. The fraction of sp³-hybridized carbons (Fsp3) is 0.100. The Morgan fingerprint density at radius 2 is 2.36 bits per heavy atom. The molecule has 2 rings (SSSR count). The number of hydrogen-bond acceptors (Lipinski definition) is 3. The Kier molecular flexibility index (Phi) is 2.42. The molecule has 1 aromatic heterocycles. The SMILES string of the molecule is Nc1nc2cc(C#CCBr)ccc2o1. The topological polar surface area (TPSA) is 52.0 Å². The number of alkyl halides is 1. The normalized spacial score (nSPS) is 9.79. The summed E-state index contributed by atoms with van der Waals surface area (Å²) < 4.78 is 5.14. The zero-order chi connectivity index (χ0) is 9.97. The first-order valence-corrected chi connectivity index (χ1v) is 5.12. The van der Waals surface area contributed by atoms with E-state index in [1.165, 1.54) is 0 Å². The number of rotatable bonds is 0. The van der Waals surface area contributed by atoms with E-state index in [0.717, 1.165) is 11.1 Å². The van der Waals surface area contributed by atoms with Crippen LogP contribution in [0.15, 0.2) is 22.6 Å². The quantitative estimate of drug-likeness (QED) is 0.576. The Morgan fingerprint density at radius 3 is 3.14 bits per heavy atom. The molecule has 14 heavy (non-hydrogen) atoms. The van der Waals surface area contributed by atoms with Crippen molar-refractivity contribution in [1.29, 1.82) is 0 Å². The van der Waals surface area contributed by atoms with Gasteiger partial charge in [-0.2, -0.15) is 4.98 Å². The molecule has 0 saturated carbocycles. The highest BCUT2D eigenvalue weighted by molar-refractivity contribution is 9.09. The van der Waals surface area contributed by atoms with E-state index in [9.17, 15) is 0 Å². The largest absolute Gasteiger partial charge is 0.424 e. The van der Waals surface area contributed by atoms with Gasteiger partial charge in [-0.1, -0.05) is 27.8 Å². The molecule has 0 aliphatic carbocycles. The number of nitrogens with two attached hydrogens (primary N) is 1. The molecule has 70 valence electrons. The van der Waals surface area contributed by atoms with Gasteiger partial charge in [0.2, 0.25) is 0 Å². The molecule has 0 unspecified atom stereocenters. The molecule has 2 aromatic rings. The Labute approximate surface area is 89.4 Å². The van der Waals surface area contributed by atoms with Gasteiger partial charge in [-0.15, -0.1) is 0 Å². The van der Waals surface area contributed by atoms with Crippen LogP contribution < -0.4 is 5.73 Å². The molecule has 0 fully saturated rings. The lowest BCUT2D eigenvalue weighted by molar-refractivity contribution is 0.626. The molecular formula is C10H7BrN2O. The number of halogens is 1. The lowest BCUT2D eigenvalue weighted by Crippen LogP contribution is -1.80. The van der Waals surface area contributed by atoms with Crippen LogP contribution in [0.25, 0.3) is 11.1 Å². The molecule has 0 aliphatic rings. The van der Waals surface area contributed by atoms with E-state index in [-0.39, 0.29) is 6.01 Å². The number of anilines is 1. The van der Waals surface area contributed by atoms with Crippen molar-refractivity contribution in [1.82, 2.24) is 4.98 Å². The number of benzene rings is 1. The molecule has 0 aliphatic heterocycles. The molecule has 4 heteroatoms. The number of hydrogen-bond donors (Lipinski definition) is 1. The van der Waals surface area contributed by atoms with E-state index in [1.807, 2.05) is 18.2 Å². The van der Waals surface area contributed by atoms with Gasteiger partial charge in [0.15, 0.2) is 5.58 Å². The molecule has 0 bridgehead atoms. The Morgan fingerprint density at radius 1 is 1.50 bits per heavy atom. The van der Waals surface area contributed by atoms with E-state index < -0.39 is 0 Å². The van der Waals surface area contributed by atoms with Crippen LogP contribution in [-0.2, 0) is 0 Å². The van der Waals surface area contributed by atoms with E-state index in [1.54, 1.807) is 0 Å². The maximum absolute atomic E-state index is 5.42. The smallest absolute Gasteiger partial charge is 0.292 e. The summed E-state index contributed by atoms with van der Waals surface area (Å²) in [5.41, 5.74) is 7.75. The van der Waals surface area contributed by atoms with Crippen molar-refractivity contribution in [3.05, 3.63) is 23.8 Å². The van der Waals surface area contributed by atoms with Crippen molar-refractivity contribution in [3.63, 3.8) is 0 Å². The summed E-state index contributed by atoms with van der Waals surface area (Å²) in [5, 5.41) is 0.659. The van der Waals surface area contributed by atoms with Crippen LogP contribution in [0.2, 0.25) is 0 Å². The monoisotopic (exact) mass is 250 g/mol. The van der Waals surface area contributed by atoms with Gasteiger partial charge >= 0.3 is 0 Å². The first-order chi connectivity index (χ1) is 6.79. The molecule has 1 heterocycles. The molecule has 3 nitrogen and oxygen atoms in total. The second-order valence-corrected chi connectivity index (χ2v) is 3.23. The first-order valence-electron chi connectivity index (χ1n) is 4.00. The van der Waals surface area contributed by atoms with Crippen LogP contribution in [0.3, 0.4) is 0 Å². The molecular weight excluding hydrogens is 244 g/mol. The third-order valence-corrected chi connectivity index (χ3v) is 1.98. The summed E-state index contributed by atoms with van der Waals surface area (Å²) in [5.74, 6) is 5.89. The van der Waals surface area contributed by atoms with E-state index in [4.69, 9.17) is 10.2 Å². The number of fused-ring (bicyclic) bond motifs is 1. The number of oxazole rings is 1. The van der Waals surface area contributed by atoms with Crippen LogP contribution in [-0.4, -0.2) is 10.3 Å². The Hall–Kier alpha value is -1.47. The van der Waals surface area contributed by atoms with Crippen molar-refractivity contribution in [2.24, 2.45) is 0 Å². The molecule has 1 aromatic carbocycles. The minimum Gasteiger partial charge on any atom is -0.424 e. The average molecular weight is 251 g/mol. The molecule has 0 saturated heterocycles. The lowest BCUT2D eigenvalue weighted by atomic mass is 10.2. The van der Waals surface area contributed by atoms with Gasteiger partial charge in [0.05, 0.1) is 5.33 Å². The maximum Gasteiger partial charge on any atom is 0.292 e. The van der Waals surface area contributed by atoms with Crippen LogP contribution in [0, 0.1) is 11.8 Å². The van der Waals surface area contributed by atoms with Crippen LogP contribution in [0.1, 0.15) is 5.56 Å². The van der Waals surface area contributed by atoms with Gasteiger partial charge in [-0.05, 0) is 18.2 Å².